The first-order valence-electron chi connectivity index (χ1n) is 6.02. The number of benzene rings is 1. The normalized spacial score (nSPS) is 10.8. The lowest BCUT2D eigenvalue weighted by molar-refractivity contribution is 0.184. The average Bonchev–Trinajstić information content (AvgIpc) is 2.81. The van der Waals surface area contributed by atoms with Gasteiger partial charge in [-0.3, -0.25) is 0 Å². The van der Waals surface area contributed by atoms with Crippen molar-refractivity contribution in [2.45, 2.75) is 13.0 Å². The summed E-state index contributed by atoms with van der Waals surface area (Å²) in [6.45, 7) is 1.55. The number of nitrogens with zero attached hydrogens (tertiary/aromatic N) is 1. The Balaban J connectivity index is 2.31. The molecule has 96 valence electrons. The van der Waals surface area contributed by atoms with Crippen LogP contribution >= 0.6 is 11.3 Å². The van der Waals surface area contributed by atoms with Crippen LogP contribution in [-0.2, 0) is 17.8 Å². The van der Waals surface area contributed by atoms with Crippen molar-refractivity contribution in [2.75, 3.05) is 20.7 Å². The molecule has 2 rings (SSSR count). The fourth-order valence-electron chi connectivity index (χ4n) is 1.82. The maximum absolute atomic E-state index is 5.17. The topological polar surface area (TPSA) is 34.1 Å². The molecule has 4 heteroatoms. The van der Waals surface area contributed by atoms with Crippen LogP contribution in [0.1, 0.15) is 9.88 Å². The Morgan fingerprint density at radius 1 is 1.28 bits per heavy atom. The molecule has 1 aromatic heterocycles. The summed E-state index contributed by atoms with van der Waals surface area (Å²) in [4.78, 5) is 6.01. The van der Waals surface area contributed by atoms with Gasteiger partial charge in [-0.15, -0.1) is 11.3 Å². The van der Waals surface area contributed by atoms with Gasteiger partial charge in [0, 0.05) is 17.6 Å². The molecule has 0 aliphatic carbocycles. The number of aromatic nitrogens is 1. The quantitative estimate of drug-likeness (QED) is 0.869. The third-order valence-corrected chi connectivity index (χ3v) is 3.75. The zero-order valence-electron chi connectivity index (χ0n) is 10.8. The Bertz CT molecular complexity index is 482. The zero-order valence-corrected chi connectivity index (χ0v) is 11.6. The molecule has 1 N–H and O–H groups in total. The Kier molecular flexibility index (Phi) is 4.87. The number of ether oxygens (including phenoxy) is 1. The van der Waals surface area contributed by atoms with Gasteiger partial charge >= 0.3 is 0 Å². The van der Waals surface area contributed by atoms with Crippen molar-refractivity contribution >= 4 is 11.3 Å². The molecule has 0 aliphatic rings. The second-order valence-corrected chi connectivity index (χ2v) is 5.20. The molecule has 3 nitrogen and oxygen atoms in total. The maximum Gasteiger partial charge on any atom is 0.119 e. The van der Waals surface area contributed by atoms with Crippen LogP contribution in [0.3, 0.4) is 0 Å². The highest BCUT2D eigenvalue weighted by Crippen LogP contribution is 2.28. The first-order chi connectivity index (χ1) is 8.85. The highest BCUT2D eigenvalue weighted by molar-refractivity contribution is 7.12. The van der Waals surface area contributed by atoms with Gasteiger partial charge in [-0.05, 0) is 20.0 Å². The number of hydrogen-bond acceptors (Lipinski definition) is 4. The zero-order chi connectivity index (χ0) is 12.8. The summed E-state index contributed by atoms with van der Waals surface area (Å²) < 4.78 is 5.17. The number of hydrogen-bond donors (Lipinski definition) is 1. The fraction of sp³-hybridized carbons (Fsp3) is 0.357. The van der Waals surface area contributed by atoms with E-state index in [1.165, 1.54) is 10.4 Å². The summed E-state index contributed by atoms with van der Waals surface area (Å²) in [7, 11) is 3.68. The lowest BCUT2D eigenvalue weighted by Gasteiger charge is -2.01. The molecule has 0 atom stereocenters. The largest absolute Gasteiger partial charge is 0.378 e. The SMILES string of the molecule is CNCCc1sc(COC)nc1-c1ccccc1. The Labute approximate surface area is 112 Å². The van der Waals surface area contributed by atoms with Crippen LogP contribution in [0, 0.1) is 0 Å². The molecule has 1 heterocycles. The van der Waals surface area contributed by atoms with Gasteiger partial charge in [0.15, 0.2) is 0 Å². The number of nitrogens with one attached hydrogen (secondary N) is 1. The van der Waals surface area contributed by atoms with Crippen molar-refractivity contribution in [3.8, 4) is 11.3 Å². The van der Waals surface area contributed by atoms with Crippen LogP contribution in [0.2, 0.25) is 0 Å². The van der Waals surface area contributed by atoms with Gasteiger partial charge in [-0.2, -0.15) is 0 Å². The van der Waals surface area contributed by atoms with Crippen molar-refractivity contribution < 1.29 is 4.74 Å². The number of rotatable bonds is 6. The van der Waals surface area contributed by atoms with Gasteiger partial charge in [0.25, 0.3) is 0 Å². The molecule has 0 spiro atoms. The minimum Gasteiger partial charge on any atom is -0.378 e. The minimum atomic E-state index is 0.587. The van der Waals surface area contributed by atoms with Crippen LogP contribution in [0.25, 0.3) is 11.3 Å². The van der Waals surface area contributed by atoms with Crippen molar-refractivity contribution in [2.24, 2.45) is 0 Å². The van der Waals surface area contributed by atoms with Gasteiger partial charge in [-0.1, -0.05) is 30.3 Å². The van der Waals surface area contributed by atoms with Crippen LogP contribution in [0.4, 0.5) is 0 Å². The first kappa shape index (κ1) is 13.2. The Morgan fingerprint density at radius 3 is 2.72 bits per heavy atom. The van der Waals surface area contributed by atoms with Crippen molar-refractivity contribution in [1.29, 1.82) is 0 Å². The van der Waals surface area contributed by atoms with Crippen LogP contribution < -0.4 is 5.32 Å². The molecule has 18 heavy (non-hydrogen) atoms. The van der Waals surface area contributed by atoms with E-state index in [2.05, 4.69) is 22.4 Å². The molecule has 0 aliphatic heterocycles. The molecule has 2 aromatic rings. The van der Waals surface area contributed by atoms with Gasteiger partial charge in [-0.25, -0.2) is 4.98 Å². The third-order valence-electron chi connectivity index (χ3n) is 2.66. The molecule has 0 bridgehead atoms. The van der Waals surface area contributed by atoms with E-state index in [1.807, 2.05) is 25.2 Å². The summed E-state index contributed by atoms with van der Waals surface area (Å²) in [5.41, 5.74) is 2.28. The molecule has 1 aromatic carbocycles. The lowest BCUT2D eigenvalue weighted by Crippen LogP contribution is -2.09. The summed E-state index contributed by atoms with van der Waals surface area (Å²) in [5.74, 6) is 0. The van der Waals surface area contributed by atoms with Crippen LogP contribution in [-0.4, -0.2) is 25.7 Å². The van der Waals surface area contributed by atoms with Crippen molar-refractivity contribution in [3.05, 3.63) is 40.2 Å². The molecule has 0 radical (unpaired) electrons. The third kappa shape index (κ3) is 3.16. The number of thiazole rings is 1. The smallest absolute Gasteiger partial charge is 0.119 e. The maximum atomic E-state index is 5.17. The van der Waals surface area contributed by atoms with Crippen molar-refractivity contribution in [1.82, 2.24) is 10.3 Å². The van der Waals surface area contributed by atoms with Crippen molar-refractivity contribution in [3.63, 3.8) is 0 Å². The van der Waals surface area contributed by atoms with Gasteiger partial charge in [0.05, 0.1) is 12.3 Å². The monoisotopic (exact) mass is 262 g/mol. The summed E-state index contributed by atoms with van der Waals surface area (Å²) >= 11 is 1.74. The second kappa shape index (κ2) is 6.64. The summed E-state index contributed by atoms with van der Waals surface area (Å²) in [6, 6.07) is 10.3. The highest BCUT2D eigenvalue weighted by Gasteiger charge is 2.12. The van der Waals surface area contributed by atoms with Crippen LogP contribution in [0.5, 0.6) is 0 Å². The van der Waals surface area contributed by atoms with E-state index in [1.54, 1.807) is 18.4 Å². The fourth-order valence-corrected chi connectivity index (χ4v) is 2.88. The van der Waals surface area contributed by atoms with Gasteiger partial charge in [0.2, 0.25) is 0 Å². The molecule has 0 saturated heterocycles. The first-order valence-corrected chi connectivity index (χ1v) is 6.84. The number of methoxy groups -OCH3 is 1. The van der Waals surface area contributed by atoms with E-state index in [0.29, 0.717) is 6.61 Å². The molecule has 0 amide bonds. The molecule has 0 unspecified atom stereocenters. The summed E-state index contributed by atoms with van der Waals surface area (Å²) in [6.07, 6.45) is 1.00. The molecular formula is C14H18N2OS. The summed E-state index contributed by atoms with van der Waals surface area (Å²) in [5, 5.41) is 4.23. The number of likely N-dealkylation sites (N-methyl/N-ethyl adjacent to an activating group) is 1. The molecule has 0 fully saturated rings. The van der Waals surface area contributed by atoms with Gasteiger partial charge in [0.1, 0.15) is 5.01 Å². The molecular weight excluding hydrogens is 244 g/mol. The average molecular weight is 262 g/mol. The van der Waals surface area contributed by atoms with E-state index in [0.717, 1.165) is 23.7 Å². The highest BCUT2D eigenvalue weighted by atomic mass is 32.1. The standard InChI is InChI=1S/C14H18N2OS/c1-15-9-8-12-14(11-6-4-3-5-7-11)16-13(18-12)10-17-2/h3-7,15H,8-10H2,1-2H3. The van der Waals surface area contributed by atoms with E-state index < -0.39 is 0 Å². The van der Waals surface area contributed by atoms with Crippen LogP contribution in [0.15, 0.2) is 30.3 Å². The Morgan fingerprint density at radius 2 is 2.06 bits per heavy atom. The van der Waals surface area contributed by atoms with Gasteiger partial charge < -0.3 is 10.1 Å². The minimum absolute atomic E-state index is 0.587. The van der Waals surface area contributed by atoms with E-state index in [4.69, 9.17) is 4.74 Å². The predicted molar refractivity (Wildman–Crippen MR) is 75.9 cm³/mol. The molecule has 0 saturated carbocycles. The Hall–Kier alpha value is -1.23. The predicted octanol–water partition coefficient (Wildman–Crippen LogP) is 2.72. The lowest BCUT2D eigenvalue weighted by atomic mass is 10.1. The second-order valence-electron chi connectivity index (χ2n) is 4.03. The van der Waals surface area contributed by atoms with E-state index in [9.17, 15) is 0 Å². The van der Waals surface area contributed by atoms with E-state index in [-0.39, 0.29) is 0 Å². The van der Waals surface area contributed by atoms with E-state index >= 15 is 0 Å².